The van der Waals surface area contributed by atoms with Crippen molar-refractivity contribution in [3.8, 4) is 0 Å². The van der Waals surface area contributed by atoms with Crippen LogP contribution >= 0.6 is 27.3 Å². The molecule has 18 heavy (non-hydrogen) atoms. The van der Waals surface area contributed by atoms with Gasteiger partial charge in [-0.05, 0) is 18.2 Å². The smallest absolute Gasteiger partial charge is 0.225 e. The van der Waals surface area contributed by atoms with Crippen molar-refractivity contribution in [1.29, 1.82) is 0 Å². The Morgan fingerprint density at radius 3 is 3.22 bits per heavy atom. The number of aromatic nitrogens is 3. The highest BCUT2D eigenvalue weighted by atomic mass is 79.9. The minimum absolute atomic E-state index is 0.673. The van der Waals surface area contributed by atoms with Crippen LogP contribution in [0.25, 0.3) is 10.9 Å². The fourth-order valence-corrected chi connectivity index (χ4v) is 2.35. The molecule has 90 valence electrons. The van der Waals surface area contributed by atoms with E-state index in [0.29, 0.717) is 5.13 Å². The van der Waals surface area contributed by atoms with Crippen LogP contribution in [0.3, 0.4) is 0 Å². The average Bonchev–Trinajstić information content (AvgIpc) is 2.99. The Balaban J connectivity index is 1.86. The standard InChI is InChI=1S/C11H8BrN5S/c12-8-1-2-10-9(3-8)7(4-13-10)5-14-16-11-17-15-6-18-11/h1-6,13H,(H,16,17)/b14-5+. The summed E-state index contributed by atoms with van der Waals surface area (Å²) in [6.07, 6.45) is 3.68. The molecule has 0 bridgehead atoms. The number of hydrogen-bond acceptors (Lipinski definition) is 5. The molecule has 2 N–H and O–H groups in total. The second-order valence-electron chi connectivity index (χ2n) is 3.55. The lowest BCUT2D eigenvalue weighted by Gasteiger charge is -1.94. The lowest BCUT2D eigenvalue weighted by Crippen LogP contribution is -1.89. The second kappa shape index (κ2) is 4.87. The first-order valence-electron chi connectivity index (χ1n) is 5.15. The molecule has 0 fully saturated rings. The second-order valence-corrected chi connectivity index (χ2v) is 5.30. The summed E-state index contributed by atoms with van der Waals surface area (Å²) in [5, 5.41) is 13.5. The molecule has 3 rings (SSSR count). The van der Waals surface area contributed by atoms with E-state index in [1.807, 2.05) is 18.3 Å². The van der Waals surface area contributed by atoms with E-state index in [-0.39, 0.29) is 0 Å². The zero-order valence-corrected chi connectivity index (χ0v) is 11.5. The van der Waals surface area contributed by atoms with Crippen LogP contribution in [0, 0.1) is 0 Å². The Morgan fingerprint density at radius 2 is 2.39 bits per heavy atom. The molecule has 0 amide bonds. The van der Waals surface area contributed by atoms with Gasteiger partial charge in [0.05, 0.1) is 6.21 Å². The Kier molecular flexibility index (Phi) is 3.07. The highest BCUT2D eigenvalue weighted by molar-refractivity contribution is 9.10. The molecule has 7 heteroatoms. The van der Waals surface area contributed by atoms with Crippen molar-refractivity contribution in [3.05, 3.63) is 39.9 Å². The van der Waals surface area contributed by atoms with Gasteiger partial charge < -0.3 is 4.98 Å². The summed E-state index contributed by atoms with van der Waals surface area (Å²) in [7, 11) is 0. The number of benzene rings is 1. The highest BCUT2D eigenvalue weighted by Crippen LogP contribution is 2.21. The van der Waals surface area contributed by atoms with Gasteiger partial charge in [-0.3, -0.25) is 5.43 Å². The van der Waals surface area contributed by atoms with Crippen LogP contribution in [-0.4, -0.2) is 21.4 Å². The van der Waals surface area contributed by atoms with E-state index < -0.39 is 0 Å². The number of rotatable bonds is 3. The molecule has 0 saturated heterocycles. The van der Waals surface area contributed by atoms with Gasteiger partial charge in [0.15, 0.2) is 0 Å². The van der Waals surface area contributed by atoms with Crippen LogP contribution in [0.1, 0.15) is 5.56 Å². The number of aromatic amines is 1. The Labute approximate surface area is 115 Å². The average molecular weight is 322 g/mol. The third-order valence-electron chi connectivity index (χ3n) is 2.40. The molecule has 2 aromatic heterocycles. The summed E-state index contributed by atoms with van der Waals surface area (Å²) in [5.74, 6) is 0. The molecule has 0 atom stereocenters. The van der Waals surface area contributed by atoms with Crippen molar-refractivity contribution in [2.75, 3.05) is 5.43 Å². The molecule has 0 aliphatic heterocycles. The Hall–Kier alpha value is -1.73. The molecular formula is C11H8BrN5S. The summed E-state index contributed by atoms with van der Waals surface area (Å²) in [4.78, 5) is 3.19. The van der Waals surface area contributed by atoms with E-state index in [0.717, 1.165) is 20.9 Å². The van der Waals surface area contributed by atoms with Gasteiger partial charge in [0.2, 0.25) is 5.13 Å². The van der Waals surface area contributed by atoms with Crippen LogP contribution < -0.4 is 5.43 Å². The van der Waals surface area contributed by atoms with E-state index >= 15 is 0 Å². The molecule has 1 aromatic carbocycles. The molecule has 5 nitrogen and oxygen atoms in total. The maximum absolute atomic E-state index is 4.13. The van der Waals surface area contributed by atoms with Crippen LogP contribution in [0.4, 0.5) is 5.13 Å². The van der Waals surface area contributed by atoms with Crippen LogP contribution in [0.15, 0.2) is 39.5 Å². The number of hydrazone groups is 1. The van der Waals surface area contributed by atoms with Gasteiger partial charge in [-0.2, -0.15) is 5.10 Å². The minimum atomic E-state index is 0.673. The summed E-state index contributed by atoms with van der Waals surface area (Å²) >= 11 is 4.86. The highest BCUT2D eigenvalue weighted by Gasteiger charge is 2.01. The Morgan fingerprint density at radius 1 is 1.44 bits per heavy atom. The molecule has 0 saturated carbocycles. The number of anilines is 1. The Bertz CT molecular complexity index is 689. The largest absolute Gasteiger partial charge is 0.361 e. The van der Waals surface area contributed by atoms with Gasteiger partial charge in [-0.15, -0.1) is 10.2 Å². The molecule has 0 spiro atoms. The van der Waals surface area contributed by atoms with E-state index in [4.69, 9.17) is 0 Å². The molecule has 2 heterocycles. The van der Waals surface area contributed by atoms with Gasteiger partial charge in [-0.1, -0.05) is 27.3 Å². The van der Waals surface area contributed by atoms with Gasteiger partial charge >= 0.3 is 0 Å². The monoisotopic (exact) mass is 321 g/mol. The zero-order chi connectivity index (χ0) is 12.4. The van der Waals surface area contributed by atoms with Crippen molar-refractivity contribution in [2.24, 2.45) is 5.10 Å². The van der Waals surface area contributed by atoms with Crippen molar-refractivity contribution < 1.29 is 0 Å². The van der Waals surface area contributed by atoms with E-state index in [1.165, 1.54) is 11.3 Å². The number of nitrogens with zero attached hydrogens (tertiary/aromatic N) is 3. The molecular weight excluding hydrogens is 314 g/mol. The van der Waals surface area contributed by atoms with Gasteiger partial charge in [0.1, 0.15) is 5.51 Å². The van der Waals surface area contributed by atoms with E-state index in [2.05, 4.69) is 47.7 Å². The summed E-state index contributed by atoms with van der Waals surface area (Å²) in [6, 6.07) is 6.08. The molecule has 0 radical (unpaired) electrons. The summed E-state index contributed by atoms with van der Waals surface area (Å²) in [6.45, 7) is 0. The van der Waals surface area contributed by atoms with Gasteiger partial charge in [-0.25, -0.2) is 0 Å². The number of hydrogen-bond donors (Lipinski definition) is 2. The first kappa shape index (κ1) is 11.4. The fourth-order valence-electron chi connectivity index (χ4n) is 1.60. The maximum atomic E-state index is 4.13. The lowest BCUT2D eigenvalue weighted by molar-refractivity contribution is 1.08. The lowest BCUT2D eigenvalue weighted by atomic mass is 10.2. The number of H-pyrrole nitrogens is 1. The number of nitrogens with one attached hydrogen (secondary N) is 2. The van der Waals surface area contributed by atoms with Crippen LogP contribution in [0.2, 0.25) is 0 Å². The zero-order valence-electron chi connectivity index (χ0n) is 9.09. The first-order valence-corrected chi connectivity index (χ1v) is 6.82. The van der Waals surface area contributed by atoms with E-state index in [9.17, 15) is 0 Å². The number of fused-ring (bicyclic) bond motifs is 1. The van der Waals surface area contributed by atoms with Crippen LogP contribution in [0.5, 0.6) is 0 Å². The summed E-state index contributed by atoms with van der Waals surface area (Å²) < 4.78 is 1.04. The third-order valence-corrected chi connectivity index (χ3v) is 3.49. The quantitative estimate of drug-likeness (QED) is 0.575. The maximum Gasteiger partial charge on any atom is 0.225 e. The minimum Gasteiger partial charge on any atom is -0.361 e. The normalized spacial score (nSPS) is 11.4. The molecule has 0 aliphatic carbocycles. The fraction of sp³-hybridized carbons (Fsp3) is 0. The van der Waals surface area contributed by atoms with Crippen molar-refractivity contribution in [1.82, 2.24) is 15.2 Å². The van der Waals surface area contributed by atoms with Gasteiger partial charge in [0, 0.05) is 27.1 Å². The molecule has 0 aliphatic rings. The van der Waals surface area contributed by atoms with Crippen molar-refractivity contribution in [3.63, 3.8) is 0 Å². The molecule has 3 aromatic rings. The van der Waals surface area contributed by atoms with Gasteiger partial charge in [0.25, 0.3) is 0 Å². The summed E-state index contributed by atoms with van der Waals surface area (Å²) in [5.41, 5.74) is 6.58. The SMILES string of the molecule is Brc1ccc2[nH]cc(/C=N/Nc3nncs3)c2c1. The first-order chi connectivity index (χ1) is 8.83. The van der Waals surface area contributed by atoms with Crippen molar-refractivity contribution >= 4 is 49.5 Å². The predicted octanol–water partition coefficient (Wildman–Crippen LogP) is 3.23. The predicted molar refractivity (Wildman–Crippen MR) is 77.1 cm³/mol. The van der Waals surface area contributed by atoms with Crippen molar-refractivity contribution in [2.45, 2.75) is 0 Å². The molecule has 0 unspecified atom stereocenters. The third kappa shape index (κ3) is 2.27. The number of halogens is 1. The van der Waals surface area contributed by atoms with Crippen LogP contribution in [-0.2, 0) is 0 Å². The van der Waals surface area contributed by atoms with E-state index in [1.54, 1.807) is 11.7 Å². The topological polar surface area (TPSA) is 66.0 Å².